The van der Waals surface area contributed by atoms with Crippen LogP contribution in [0.5, 0.6) is 0 Å². The number of thioether (sulfide) groups is 1. The van der Waals surface area contributed by atoms with Crippen LogP contribution in [0.1, 0.15) is 16.1 Å². The van der Waals surface area contributed by atoms with Crippen LogP contribution in [0.4, 0.5) is 0 Å². The van der Waals surface area contributed by atoms with Crippen LogP contribution in [0.15, 0.2) is 47.1 Å². The van der Waals surface area contributed by atoms with Gasteiger partial charge in [0.25, 0.3) is 5.91 Å². The zero-order chi connectivity index (χ0) is 16.5. The predicted octanol–water partition coefficient (Wildman–Crippen LogP) is 2.71. The third kappa shape index (κ3) is 6.38. The van der Waals surface area contributed by atoms with Crippen LogP contribution in [-0.2, 0) is 10.5 Å². The Morgan fingerprint density at radius 3 is 2.61 bits per heavy atom. The van der Waals surface area contributed by atoms with Crippen molar-refractivity contribution in [2.24, 2.45) is 0 Å². The Kier molecular flexibility index (Phi) is 7.03. The van der Waals surface area contributed by atoms with E-state index in [1.54, 1.807) is 23.9 Å². The first-order chi connectivity index (χ1) is 11.1. The maximum atomic E-state index is 11.6. The SMILES string of the molecule is O=C(CNC(=O)c1ccco1)NCCSCc1ccc(Cl)cc1. The van der Waals surface area contributed by atoms with Crippen molar-refractivity contribution >= 4 is 35.2 Å². The van der Waals surface area contributed by atoms with Gasteiger partial charge in [0.2, 0.25) is 5.91 Å². The maximum absolute atomic E-state index is 11.6. The molecule has 0 aliphatic rings. The summed E-state index contributed by atoms with van der Waals surface area (Å²) in [6, 6.07) is 10.9. The lowest BCUT2D eigenvalue weighted by molar-refractivity contribution is -0.120. The zero-order valence-corrected chi connectivity index (χ0v) is 14.0. The van der Waals surface area contributed by atoms with E-state index in [4.69, 9.17) is 16.0 Å². The van der Waals surface area contributed by atoms with Crippen LogP contribution in [0.25, 0.3) is 0 Å². The van der Waals surface area contributed by atoms with E-state index in [-0.39, 0.29) is 18.2 Å². The number of benzene rings is 1. The minimum atomic E-state index is -0.401. The van der Waals surface area contributed by atoms with Gasteiger partial charge in [-0.05, 0) is 29.8 Å². The highest BCUT2D eigenvalue weighted by Gasteiger charge is 2.09. The second kappa shape index (κ2) is 9.27. The summed E-state index contributed by atoms with van der Waals surface area (Å²) in [7, 11) is 0. The molecule has 0 saturated carbocycles. The molecule has 0 spiro atoms. The molecule has 2 rings (SSSR count). The molecule has 0 bridgehead atoms. The van der Waals surface area contributed by atoms with E-state index in [9.17, 15) is 9.59 Å². The van der Waals surface area contributed by atoms with Crippen molar-refractivity contribution in [1.29, 1.82) is 0 Å². The molecule has 1 heterocycles. The van der Waals surface area contributed by atoms with Crippen LogP contribution in [0, 0.1) is 0 Å². The fourth-order valence-electron chi connectivity index (χ4n) is 1.75. The van der Waals surface area contributed by atoms with Crippen LogP contribution in [-0.4, -0.2) is 30.7 Å². The topological polar surface area (TPSA) is 71.3 Å². The molecular formula is C16H17ClN2O3S. The van der Waals surface area contributed by atoms with Crippen molar-refractivity contribution in [1.82, 2.24) is 10.6 Å². The number of hydrogen-bond donors (Lipinski definition) is 2. The Labute approximate surface area is 143 Å². The van der Waals surface area contributed by atoms with Gasteiger partial charge < -0.3 is 15.1 Å². The molecule has 0 saturated heterocycles. The molecule has 0 atom stereocenters. The summed E-state index contributed by atoms with van der Waals surface area (Å²) in [5.41, 5.74) is 1.19. The van der Waals surface area contributed by atoms with Crippen LogP contribution in [0.2, 0.25) is 5.02 Å². The number of furan rings is 1. The highest BCUT2D eigenvalue weighted by molar-refractivity contribution is 7.98. The van der Waals surface area contributed by atoms with E-state index < -0.39 is 5.91 Å². The molecule has 5 nitrogen and oxygen atoms in total. The number of carbonyl (C=O) groups is 2. The van der Waals surface area contributed by atoms with Gasteiger partial charge in [-0.1, -0.05) is 23.7 Å². The minimum absolute atomic E-state index is 0.0681. The molecule has 2 N–H and O–H groups in total. The molecule has 1 aromatic heterocycles. The Morgan fingerprint density at radius 2 is 1.91 bits per heavy atom. The second-order valence-corrected chi connectivity index (χ2v) is 6.23. The molecule has 23 heavy (non-hydrogen) atoms. The van der Waals surface area contributed by atoms with Gasteiger partial charge in [-0.25, -0.2) is 0 Å². The Hall–Kier alpha value is -1.92. The molecule has 7 heteroatoms. The van der Waals surface area contributed by atoms with E-state index in [2.05, 4.69) is 10.6 Å². The van der Waals surface area contributed by atoms with E-state index >= 15 is 0 Å². The third-order valence-corrected chi connectivity index (χ3v) is 4.19. The monoisotopic (exact) mass is 352 g/mol. The summed E-state index contributed by atoms with van der Waals surface area (Å²) in [4.78, 5) is 23.2. The number of carbonyl (C=O) groups excluding carboxylic acids is 2. The molecule has 2 amide bonds. The zero-order valence-electron chi connectivity index (χ0n) is 12.4. The molecule has 1 aromatic carbocycles. The van der Waals surface area contributed by atoms with E-state index in [1.807, 2.05) is 24.3 Å². The van der Waals surface area contributed by atoms with Gasteiger partial charge in [0, 0.05) is 23.1 Å². The predicted molar refractivity (Wildman–Crippen MR) is 91.7 cm³/mol. The second-order valence-electron chi connectivity index (χ2n) is 4.69. The lowest BCUT2D eigenvalue weighted by Gasteiger charge is -2.06. The van der Waals surface area contributed by atoms with Crippen molar-refractivity contribution in [3.8, 4) is 0 Å². The summed E-state index contributed by atoms with van der Waals surface area (Å²) < 4.78 is 4.93. The highest BCUT2D eigenvalue weighted by atomic mass is 35.5. The quantitative estimate of drug-likeness (QED) is 0.716. The Bertz CT molecular complexity index is 629. The Balaban J connectivity index is 1.54. The van der Waals surface area contributed by atoms with Gasteiger partial charge in [-0.3, -0.25) is 9.59 Å². The molecular weight excluding hydrogens is 336 g/mol. The number of hydrogen-bond acceptors (Lipinski definition) is 4. The lowest BCUT2D eigenvalue weighted by Crippen LogP contribution is -2.37. The molecule has 0 radical (unpaired) electrons. The average molecular weight is 353 g/mol. The smallest absolute Gasteiger partial charge is 0.287 e. The number of amides is 2. The minimum Gasteiger partial charge on any atom is -0.459 e. The Morgan fingerprint density at radius 1 is 1.13 bits per heavy atom. The first-order valence-corrected chi connectivity index (χ1v) is 8.59. The maximum Gasteiger partial charge on any atom is 0.287 e. The number of nitrogens with one attached hydrogen (secondary N) is 2. The van der Waals surface area contributed by atoms with Gasteiger partial charge in [0.1, 0.15) is 0 Å². The van der Waals surface area contributed by atoms with Crippen molar-refractivity contribution in [2.75, 3.05) is 18.8 Å². The van der Waals surface area contributed by atoms with Gasteiger partial charge in [-0.2, -0.15) is 11.8 Å². The largest absolute Gasteiger partial charge is 0.459 e. The number of halogens is 1. The molecule has 2 aromatic rings. The molecule has 0 aliphatic carbocycles. The van der Waals surface area contributed by atoms with Gasteiger partial charge in [-0.15, -0.1) is 0 Å². The average Bonchev–Trinajstić information content (AvgIpc) is 3.08. The van der Waals surface area contributed by atoms with Gasteiger partial charge >= 0.3 is 0 Å². The van der Waals surface area contributed by atoms with E-state index in [1.165, 1.54) is 11.8 Å². The molecule has 0 unspecified atom stereocenters. The summed E-state index contributed by atoms with van der Waals surface area (Å²) in [5, 5.41) is 5.97. The van der Waals surface area contributed by atoms with Crippen molar-refractivity contribution in [3.63, 3.8) is 0 Å². The third-order valence-electron chi connectivity index (χ3n) is 2.91. The van der Waals surface area contributed by atoms with Gasteiger partial charge in [0.15, 0.2) is 5.76 Å². The van der Waals surface area contributed by atoms with E-state index in [0.717, 1.165) is 16.5 Å². The highest BCUT2D eigenvalue weighted by Crippen LogP contribution is 2.14. The normalized spacial score (nSPS) is 10.3. The van der Waals surface area contributed by atoms with E-state index in [0.29, 0.717) is 6.54 Å². The summed E-state index contributed by atoms with van der Waals surface area (Å²) in [6.07, 6.45) is 1.41. The van der Waals surface area contributed by atoms with Crippen LogP contribution in [0.3, 0.4) is 0 Å². The molecule has 0 fully saturated rings. The summed E-state index contributed by atoms with van der Waals surface area (Å²) in [6.45, 7) is 0.481. The molecule has 0 aliphatic heterocycles. The summed E-state index contributed by atoms with van der Waals surface area (Å²) in [5.74, 6) is 1.22. The lowest BCUT2D eigenvalue weighted by atomic mass is 10.2. The standard InChI is InChI=1S/C16H17ClN2O3S/c17-13-5-3-12(4-6-13)11-23-9-7-18-15(20)10-19-16(21)14-2-1-8-22-14/h1-6,8H,7,9-11H2,(H,18,20)(H,19,21). The first-order valence-electron chi connectivity index (χ1n) is 7.06. The molecule has 122 valence electrons. The van der Waals surface area contributed by atoms with Gasteiger partial charge in [0.05, 0.1) is 12.8 Å². The van der Waals surface area contributed by atoms with Crippen molar-refractivity contribution in [3.05, 3.63) is 59.0 Å². The number of rotatable bonds is 8. The fraction of sp³-hybridized carbons (Fsp3) is 0.250. The van der Waals surface area contributed by atoms with Crippen LogP contribution >= 0.6 is 23.4 Å². The first kappa shape index (κ1) is 17.4. The fourth-order valence-corrected chi connectivity index (χ4v) is 2.70. The summed E-state index contributed by atoms with van der Waals surface area (Å²) >= 11 is 7.54. The van der Waals surface area contributed by atoms with Crippen molar-refractivity contribution < 1.29 is 14.0 Å². The van der Waals surface area contributed by atoms with Crippen molar-refractivity contribution in [2.45, 2.75) is 5.75 Å². The van der Waals surface area contributed by atoms with Crippen LogP contribution < -0.4 is 10.6 Å².